The molecule has 0 radical (unpaired) electrons. The Hall–Kier alpha value is -1.73. The van der Waals surface area contributed by atoms with E-state index in [-0.39, 0.29) is 0 Å². The van der Waals surface area contributed by atoms with Gasteiger partial charge < -0.3 is 4.57 Å². The van der Waals surface area contributed by atoms with Crippen LogP contribution >= 0.6 is 11.6 Å². The fraction of sp³-hybridized carbons (Fsp3) is 0.222. The summed E-state index contributed by atoms with van der Waals surface area (Å²) in [6.45, 7) is 4.38. The number of benzene rings is 2. The van der Waals surface area contributed by atoms with Crippen LogP contribution in [0.3, 0.4) is 0 Å². The van der Waals surface area contributed by atoms with Crippen molar-refractivity contribution in [2.75, 3.05) is 0 Å². The number of aryl methyl sites for hydroxylation is 1. The van der Waals surface area contributed by atoms with Crippen LogP contribution in [0.25, 0.3) is 10.9 Å². The lowest BCUT2D eigenvalue weighted by Gasteiger charge is -2.19. The molecule has 0 spiro atoms. The molecule has 0 aliphatic heterocycles. The maximum absolute atomic E-state index is 6.12. The highest BCUT2D eigenvalue weighted by molar-refractivity contribution is 6.31. The third-order valence-corrected chi connectivity index (χ3v) is 4.14. The average Bonchev–Trinajstić information content (AvgIpc) is 2.78. The van der Waals surface area contributed by atoms with Gasteiger partial charge in [0, 0.05) is 22.1 Å². The van der Waals surface area contributed by atoms with Gasteiger partial charge in [-0.15, -0.1) is 0 Å². The van der Waals surface area contributed by atoms with Gasteiger partial charge in [-0.25, -0.2) is 0 Å². The van der Waals surface area contributed by atoms with E-state index >= 15 is 0 Å². The third kappa shape index (κ3) is 2.23. The number of aromatic nitrogens is 1. The molecule has 0 amide bonds. The molecule has 3 rings (SSSR count). The largest absolute Gasteiger partial charge is 0.340 e. The molecule has 1 unspecified atom stereocenters. The maximum Gasteiger partial charge on any atom is 0.0583 e. The van der Waals surface area contributed by atoms with Crippen LogP contribution in [0.1, 0.15) is 30.5 Å². The molecule has 1 atom stereocenters. The van der Waals surface area contributed by atoms with Gasteiger partial charge in [0.1, 0.15) is 0 Å². The highest BCUT2D eigenvalue weighted by atomic mass is 35.5. The second kappa shape index (κ2) is 5.34. The molecule has 20 heavy (non-hydrogen) atoms. The molecule has 0 saturated heterocycles. The number of hydrogen-bond donors (Lipinski definition) is 0. The minimum Gasteiger partial charge on any atom is -0.340 e. The Balaban J connectivity index is 2.18. The van der Waals surface area contributed by atoms with Gasteiger partial charge >= 0.3 is 0 Å². The second-order valence-corrected chi connectivity index (χ2v) is 5.65. The van der Waals surface area contributed by atoms with Crippen molar-refractivity contribution in [2.24, 2.45) is 0 Å². The summed E-state index contributed by atoms with van der Waals surface area (Å²) in [4.78, 5) is 0. The number of hydrogen-bond acceptors (Lipinski definition) is 0. The van der Waals surface area contributed by atoms with Crippen molar-refractivity contribution < 1.29 is 0 Å². The van der Waals surface area contributed by atoms with Gasteiger partial charge in [0.25, 0.3) is 0 Å². The summed E-state index contributed by atoms with van der Waals surface area (Å²) in [5.41, 5.74) is 3.88. The van der Waals surface area contributed by atoms with Gasteiger partial charge in [-0.1, -0.05) is 48.9 Å². The molecule has 0 bridgehead atoms. The van der Waals surface area contributed by atoms with Crippen molar-refractivity contribution >= 4 is 22.5 Å². The Morgan fingerprint density at radius 2 is 1.85 bits per heavy atom. The minimum atomic E-state index is 0.369. The summed E-state index contributed by atoms with van der Waals surface area (Å²) in [6, 6.07) is 17.2. The quantitative estimate of drug-likeness (QED) is 0.589. The van der Waals surface area contributed by atoms with Gasteiger partial charge in [-0.2, -0.15) is 0 Å². The topological polar surface area (TPSA) is 4.93 Å². The van der Waals surface area contributed by atoms with Crippen LogP contribution in [0, 0.1) is 6.92 Å². The zero-order valence-electron chi connectivity index (χ0n) is 11.8. The standard InChI is InChI=1S/C18H18ClN/c1-3-17(14-7-5-4-6-8-14)20-12-13(2)16-11-15(19)9-10-18(16)20/h4-12,17H,3H2,1-2H3. The smallest absolute Gasteiger partial charge is 0.0583 e. The summed E-state index contributed by atoms with van der Waals surface area (Å²) in [6.07, 6.45) is 3.30. The van der Waals surface area contributed by atoms with E-state index in [9.17, 15) is 0 Å². The van der Waals surface area contributed by atoms with Crippen LogP contribution in [0.5, 0.6) is 0 Å². The van der Waals surface area contributed by atoms with E-state index < -0.39 is 0 Å². The monoisotopic (exact) mass is 283 g/mol. The van der Waals surface area contributed by atoms with Gasteiger partial charge in [-0.05, 0) is 42.7 Å². The molecule has 0 saturated carbocycles. The first-order chi connectivity index (χ1) is 9.70. The Labute approximate surface area is 124 Å². The number of fused-ring (bicyclic) bond motifs is 1. The lowest BCUT2D eigenvalue weighted by atomic mass is 10.0. The lowest BCUT2D eigenvalue weighted by molar-refractivity contribution is 0.584. The highest BCUT2D eigenvalue weighted by Crippen LogP contribution is 2.31. The Morgan fingerprint density at radius 1 is 1.10 bits per heavy atom. The molecule has 3 aromatic rings. The Kier molecular flexibility index (Phi) is 3.54. The van der Waals surface area contributed by atoms with Crippen molar-refractivity contribution in [2.45, 2.75) is 26.3 Å². The van der Waals surface area contributed by atoms with Crippen molar-refractivity contribution in [1.82, 2.24) is 4.57 Å². The lowest BCUT2D eigenvalue weighted by Crippen LogP contribution is -2.08. The van der Waals surface area contributed by atoms with Gasteiger partial charge in [-0.3, -0.25) is 0 Å². The highest BCUT2D eigenvalue weighted by Gasteiger charge is 2.15. The molecular formula is C18H18ClN. The fourth-order valence-electron chi connectivity index (χ4n) is 2.92. The van der Waals surface area contributed by atoms with E-state index in [0.29, 0.717) is 6.04 Å². The van der Waals surface area contributed by atoms with Crippen LogP contribution in [0.15, 0.2) is 54.7 Å². The van der Waals surface area contributed by atoms with E-state index in [1.807, 2.05) is 6.07 Å². The summed E-state index contributed by atoms with van der Waals surface area (Å²) < 4.78 is 2.37. The van der Waals surface area contributed by atoms with E-state index in [1.54, 1.807) is 0 Å². The average molecular weight is 284 g/mol. The predicted molar refractivity (Wildman–Crippen MR) is 86.6 cm³/mol. The van der Waals surface area contributed by atoms with Crippen LogP contribution in [-0.4, -0.2) is 4.57 Å². The molecule has 1 aromatic heterocycles. The summed E-state index contributed by atoms with van der Waals surface area (Å²) in [5.74, 6) is 0. The van der Waals surface area contributed by atoms with Crippen molar-refractivity contribution in [3.8, 4) is 0 Å². The zero-order chi connectivity index (χ0) is 14.1. The molecule has 2 heteroatoms. The van der Waals surface area contributed by atoms with Gasteiger partial charge in [0.05, 0.1) is 6.04 Å². The predicted octanol–water partition coefficient (Wildman–Crippen LogP) is 5.60. The molecule has 1 heterocycles. The molecule has 102 valence electrons. The van der Waals surface area contributed by atoms with Crippen LogP contribution in [0.4, 0.5) is 0 Å². The van der Waals surface area contributed by atoms with Crippen molar-refractivity contribution in [3.63, 3.8) is 0 Å². The second-order valence-electron chi connectivity index (χ2n) is 5.22. The van der Waals surface area contributed by atoms with Gasteiger partial charge in [0.15, 0.2) is 0 Å². The minimum absolute atomic E-state index is 0.369. The zero-order valence-corrected chi connectivity index (χ0v) is 12.6. The Bertz CT molecular complexity index is 728. The number of rotatable bonds is 3. The third-order valence-electron chi connectivity index (χ3n) is 3.90. The molecule has 2 aromatic carbocycles. The van der Waals surface area contributed by atoms with E-state index in [0.717, 1.165) is 11.4 Å². The molecular weight excluding hydrogens is 266 g/mol. The van der Waals surface area contributed by atoms with E-state index in [1.165, 1.54) is 22.0 Å². The van der Waals surface area contributed by atoms with Crippen molar-refractivity contribution in [1.29, 1.82) is 0 Å². The maximum atomic E-state index is 6.12. The number of nitrogens with zero attached hydrogens (tertiary/aromatic N) is 1. The van der Waals surface area contributed by atoms with E-state index in [2.05, 4.69) is 67.1 Å². The van der Waals surface area contributed by atoms with E-state index in [4.69, 9.17) is 11.6 Å². The van der Waals surface area contributed by atoms with Crippen molar-refractivity contribution in [3.05, 3.63) is 70.9 Å². The first-order valence-corrected chi connectivity index (χ1v) is 7.40. The van der Waals surface area contributed by atoms with Crippen LogP contribution in [0.2, 0.25) is 5.02 Å². The summed E-state index contributed by atoms with van der Waals surface area (Å²) >= 11 is 6.12. The first-order valence-electron chi connectivity index (χ1n) is 7.02. The van der Waals surface area contributed by atoms with Gasteiger partial charge in [0.2, 0.25) is 0 Å². The van der Waals surface area contributed by atoms with Crippen LogP contribution < -0.4 is 0 Å². The first kappa shape index (κ1) is 13.3. The summed E-state index contributed by atoms with van der Waals surface area (Å²) in [5, 5.41) is 2.04. The SMILES string of the molecule is CCC(c1ccccc1)n1cc(C)c2cc(Cl)ccc21. The molecule has 0 N–H and O–H groups in total. The number of halogens is 1. The molecule has 0 aliphatic carbocycles. The summed E-state index contributed by atoms with van der Waals surface area (Å²) in [7, 11) is 0. The fourth-order valence-corrected chi connectivity index (χ4v) is 3.10. The Morgan fingerprint density at radius 3 is 2.55 bits per heavy atom. The molecule has 0 fully saturated rings. The molecule has 0 aliphatic rings. The van der Waals surface area contributed by atoms with Crippen LogP contribution in [-0.2, 0) is 0 Å². The normalized spacial score (nSPS) is 12.8. The molecule has 1 nitrogen and oxygen atoms in total.